The molecule has 124 valence electrons. The fourth-order valence-corrected chi connectivity index (χ4v) is 2.32. The van der Waals surface area contributed by atoms with E-state index in [1.54, 1.807) is 43.1 Å². The van der Waals surface area contributed by atoms with Gasteiger partial charge in [-0.05, 0) is 38.2 Å². The Labute approximate surface area is 139 Å². The molecule has 1 heterocycles. The van der Waals surface area contributed by atoms with Gasteiger partial charge in [-0.15, -0.1) is 0 Å². The van der Waals surface area contributed by atoms with Crippen LogP contribution in [0.3, 0.4) is 0 Å². The maximum Gasteiger partial charge on any atom is 0.324 e. The third-order valence-corrected chi connectivity index (χ3v) is 3.91. The van der Waals surface area contributed by atoms with E-state index in [1.807, 2.05) is 0 Å². The van der Waals surface area contributed by atoms with Gasteiger partial charge >= 0.3 is 6.03 Å². The second-order valence-electron chi connectivity index (χ2n) is 5.37. The maximum atomic E-state index is 12.3. The first kappa shape index (κ1) is 17.2. The summed E-state index contributed by atoms with van der Waals surface area (Å²) < 4.78 is 0. The summed E-state index contributed by atoms with van der Waals surface area (Å²) in [5.74, 6) is -0.567. The normalized spacial score (nSPS) is 15.5. The number of imide groups is 1. The first-order valence-electron chi connectivity index (χ1n) is 7.23. The highest BCUT2D eigenvalue weighted by Crippen LogP contribution is 2.13. The lowest BCUT2D eigenvalue weighted by atomic mass is 10.2. The number of likely N-dealkylation sites (N-methyl/N-ethyl adjacent to an activating group) is 1. The molecule has 8 heteroatoms. The van der Waals surface area contributed by atoms with Crippen molar-refractivity contribution in [1.82, 2.24) is 15.1 Å². The van der Waals surface area contributed by atoms with Crippen LogP contribution in [0, 0.1) is 0 Å². The number of urea groups is 1. The molecule has 1 aromatic rings. The molecule has 0 unspecified atom stereocenters. The topological polar surface area (TPSA) is 81.8 Å². The van der Waals surface area contributed by atoms with Crippen molar-refractivity contribution >= 4 is 35.1 Å². The van der Waals surface area contributed by atoms with E-state index in [2.05, 4.69) is 10.6 Å². The summed E-state index contributed by atoms with van der Waals surface area (Å²) in [5.41, 5.74) is 0.630. The van der Waals surface area contributed by atoms with Crippen LogP contribution in [0.25, 0.3) is 0 Å². The number of carbonyl (C=O) groups is 3. The molecular weight excluding hydrogens is 320 g/mol. The molecule has 0 bridgehead atoms. The Balaban J connectivity index is 1.88. The molecule has 0 aromatic heterocycles. The zero-order chi connectivity index (χ0) is 17.0. The summed E-state index contributed by atoms with van der Waals surface area (Å²) in [6.45, 7) is 2.51. The van der Waals surface area contributed by atoms with Gasteiger partial charge in [0.15, 0.2) is 0 Å². The number of hydrogen-bond donors (Lipinski definition) is 2. The molecule has 0 aliphatic carbocycles. The molecule has 1 fully saturated rings. The number of nitrogens with one attached hydrogen (secondary N) is 2. The van der Waals surface area contributed by atoms with Gasteiger partial charge in [0.05, 0.1) is 12.6 Å². The lowest BCUT2D eigenvalue weighted by Gasteiger charge is -2.26. The van der Waals surface area contributed by atoms with Gasteiger partial charge in [-0.25, -0.2) is 4.79 Å². The number of hydrogen-bond acceptors (Lipinski definition) is 4. The van der Waals surface area contributed by atoms with Crippen molar-refractivity contribution in [3.05, 3.63) is 29.3 Å². The van der Waals surface area contributed by atoms with Crippen molar-refractivity contribution in [1.29, 1.82) is 0 Å². The van der Waals surface area contributed by atoms with Crippen molar-refractivity contribution < 1.29 is 14.4 Å². The molecule has 0 saturated carbocycles. The molecule has 2 rings (SSSR count). The molecule has 2 N–H and O–H groups in total. The van der Waals surface area contributed by atoms with Crippen LogP contribution in [-0.4, -0.2) is 60.4 Å². The molecule has 1 atom stereocenters. The average Bonchev–Trinajstić information content (AvgIpc) is 2.94. The van der Waals surface area contributed by atoms with E-state index < -0.39 is 6.04 Å². The summed E-state index contributed by atoms with van der Waals surface area (Å²) in [5, 5.41) is 5.89. The molecule has 1 aromatic carbocycles. The standard InChI is InChI=1S/C15H19ClN4O3/c1-10(14(22)20-8-7-17-15(20)23)19(2)9-13(21)18-12-5-3-11(16)4-6-12/h3-6,10H,7-9H2,1-2H3,(H,17,23)(H,18,21)/t10-/m1/s1. The number of anilines is 1. The predicted octanol–water partition coefficient (Wildman–Crippen LogP) is 1.15. The van der Waals surface area contributed by atoms with Crippen molar-refractivity contribution in [2.24, 2.45) is 0 Å². The average molecular weight is 339 g/mol. The van der Waals surface area contributed by atoms with Crippen LogP contribution >= 0.6 is 11.6 Å². The molecule has 7 nitrogen and oxygen atoms in total. The van der Waals surface area contributed by atoms with E-state index in [9.17, 15) is 14.4 Å². The maximum absolute atomic E-state index is 12.3. The Bertz CT molecular complexity index is 605. The van der Waals surface area contributed by atoms with E-state index in [0.29, 0.717) is 23.8 Å². The van der Waals surface area contributed by atoms with Crippen molar-refractivity contribution in [2.45, 2.75) is 13.0 Å². The van der Waals surface area contributed by atoms with E-state index in [0.717, 1.165) is 4.90 Å². The summed E-state index contributed by atoms with van der Waals surface area (Å²) in [6, 6.07) is 5.79. The highest BCUT2D eigenvalue weighted by molar-refractivity contribution is 6.30. The molecule has 4 amide bonds. The second-order valence-corrected chi connectivity index (χ2v) is 5.80. The van der Waals surface area contributed by atoms with Crippen LogP contribution in [0.1, 0.15) is 6.92 Å². The molecule has 0 radical (unpaired) electrons. The van der Waals surface area contributed by atoms with Gasteiger partial charge in [0.1, 0.15) is 0 Å². The minimum atomic E-state index is -0.574. The quantitative estimate of drug-likeness (QED) is 0.844. The minimum Gasteiger partial charge on any atom is -0.336 e. The molecule has 1 saturated heterocycles. The van der Waals surface area contributed by atoms with Crippen LogP contribution in [0.4, 0.5) is 10.5 Å². The van der Waals surface area contributed by atoms with Crippen molar-refractivity contribution in [3.63, 3.8) is 0 Å². The van der Waals surface area contributed by atoms with Gasteiger partial charge in [-0.2, -0.15) is 0 Å². The summed E-state index contributed by atoms with van der Waals surface area (Å²) in [6.07, 6.45) is 0. The zero-order valence-corrected chi connectivity index (χ0v) is 13.8. The summed E-state index contributed by atoms with van der Waals surface area (Å²) in [4.78, 5) is 38.6. The molecule has 1 aliphatic heterocycles. The minimum absolute atomic E-state index is 0.0327. The molecule has 1 aliphatic rings. The number of nitrogens with zero attached hydrogens (tertiary/aromatic N) is 2. The van der Waals surface area contributed by atoms with Gasteiger partial charge in [-0.1, -0.05) is 11.6 Å². The van der Waals surface area contributed by atoms with Gasteiger partial charge in [0, 0.05) is 23.8 Å². The fourth-order valence-electron chi connectivity index (χ4n) is 2.19. The van der Waals surface area contributed by atoms with Crippen molar-refractivity contribution in [2.75, 3.05) is 32.0 Å². The van der Waals surface area contributed by atoms with Crippen LogP contribution in [-0.2, 0) is 9.59 Å². The van der Waals surface area contributed by atoms with Crippen molar-refractivity contribution in [3.8, 4) is 0 Å². The first-order chi connectivity index (χ1) is 10.9. The first-order valence-corrected chi connectivity index (χ1v) is 7.61. The number of rotatable bonds is 5. The zero-order valence-electron chi connectivity index (χ0n) is 13.0. The fraction of sp³-hybridized carbons (Fsp3) is 0.400. The summed E-state index contributed by atoms with van der Waals surface area (Å²) >= 11 is 5.79. The summed E-state index contributed by atoms with van der Waals surface area (Å²) in [7, 11) is 1.66. The second kappa shape index (κ2) is 7.43. The van der Waals surface area contributed by atoms with Crippen LogP contribution in [0.2, 0.25) is 5.02 Å². The number of carbonyl (C=O) groups excluding carboxylic acids is 3. The third-order valence-electron chi connectivity index (χ3n) is 3.66. The number of amides is 4. The Morgan fingerprint density at radius 1 is 1.39 bits per heavy atom. The van der Waals surface area contributed by atoms with Gasteiger partial charge in [-0.3, -0.25) is 19.4 Å². The SMILES string of the molecule is C[C@H](C(=O)N1CCNC1=O)N(C)CC(=O)Nc1ccc(Cl)cc1. The number of benzene rings is 1. The predicted molar refractivity (Wildman–Crippen MR) is 87.3 cm³/mol. The monoisotopic (exact) mass is 338 g/mol. The largest absolute Gasteiger partial charge is 0.336 e. The van der Waals surface area contributed by atoms with Crippen LogP contribution in [0.15, 0.2) is 24.3 Å². The van der Waals surface area contributed by atoms with Crippen LogP contribution < -0.4 is 10.6 Å². The molecule has 23 heavy (non-hydrogen) atoms. The molecular formula is C15H19ClN4O3. The Morgan fingerprint density at radius 2 is 2.04 bits per heavy atom. The van der Waals surface area contributed by atoms with E-state index in [1.165, 1.54) is 0 Å². The Morgan fingerprint density at radius 3 is 2.61 bits per heavy atom. The van der Waals surface area contributed by atoms with Gasteiger partial charge in [0.25, 0.3) is 0 Å². The molecule has 0 spiro atoms. The number of halogens is 1. The van der Waals surface area contributed by atoms with Gasteiger partial charge < -0.3 is 10.6 Å². The van der Waals surface area contributed by atoms with Crippen LogP contribution in [0.5, 0.6) is 0 Å². The Kier molecular flexibility index (Phi) is 5.57. The van der Waals surface area contributed by atoms with E-state index >= 15 is 0 Å². The van der Waals surface area contributed by atoms with E-state index in [-0.39, 0.29) is 24.4 Å². The highest BCUT2D eigenvalue weighted by atomic mass is 35.5. The third kappa shape index (κ3) is 4.43. The van der Waals surface area contributed by atoms with E-state index in [4.69, 9.17) is 11.6 Å². The highest BCUT2D eigenvalue weighted by Gasteiger charge is 2.31. The smallest absolute Gasteiger partial charge is 0.324 e. The lowest BCUT2D eigenvalue weighted by molar-refractivity contribution is -0.132. The Hall–Kier alpha value is -2.12. The lowest BCUT2D eigenvalue weighted by Crippen LogP contribution is -2.48. The van der Waals surface area contributed by atoms with Gasteiger partial charge in [0.2, 0.25) is 11.8 Å².